The molecule has 1 aliphatic rings. The molecule has 4 heterocycles. The first-order valence-corrected chi connectivity index (χ1v) is 18.8. The Morgan fingerprint density at radius 1 is 1.00 bits per heavy atom. The van der Waals surface area contributed by atoms with Crippen molar-refractivity contribution >= 4 is 39.9 Å². The predicted octanol–water partition coefficient (Wildman–Crippen LogP) is 8.26. The molecule has 0 nitrogen and oxygen atoms in total. The van der Waals surface area contributed by atoms with E-state index >= 15 is 0 Å². The van der Waals surface area contributed by atoms with E-state index < -0.39 is 0 Å². The van der Waals surface area contributed by atoms with Crippen molar-refractivity contribution < 1.29 is 0 Å². The third-order valence-corrected chi connectivity index (χ3v) is 77.4. The van der Waals surface area contributed by atoms with Gasteiger partial charge < -0.3 is 0 Å². The molecule has 0 saturated carbocycles. The molecule has 3 unspecified atom stereocenters. The monoisotopic (exact) mass is 321 g/mol. The number of rotatable bonds is 1. The smallest absolute Gasteiger partial charge is 0.0469 e. The summed E-state index contributed by atoms with van der Waals surface area (Å²) in [5.74, 6) is 0. The van der Waals surface area contributed by atoms with Crippen LogP contribution in [0.15, 0.2) is 22.3 Å². The normalized spacial score (nSPS) is 28.2. The fraction of sp³-hybridized carbons (Fsp3) is 0.600. The van der Waals surface area contributed by atoms with Crippen LogP contribution in [0.5, 0.6) is 0 Å². The minimum Gasteiger partial charge on any atom is -0.0469 e. The predicted molar refractivity (Wildman–Crippen MR) is 86.5 cm³/mol. The number of hydrogen-bond donors (Lipinski definition) is 0. The Bertz CT molecular complexity index is 689. The van der Waals surface area contributed by atoms with Crippen LogP contribution in [0.3, 0.4) is 0 Å². The summed E-state index contributed by atoms with van der Waals surface area (Å²) in [6, 6.07) is 0. The van der Waals surface area contributed by atoms with E-state index in [9.17, 15) is 0 Å². The molecule has 4 aromatic rings. The molecule has 3 atom stereocenters. The van der Waals surface area contributed by atoms with E-state index in [2.05, 4.69) is 34.6 Å². The van der Waals surface area contributed by atoms with Crippen molar-refractivity contribution in [2.75, 3.05) is 0 Å². The van der Waals surface area contributed by atoms with Crippen molar-refractivity contribution in [3.63, 3.8) is 0 Å². The van der Waals surface area contributed by atoms with Crippen LogP contribution in [0.1, 0.15) is 34.6 Å². The van der Waals surface area contributed by atoms with Crippen molar-refractivity contribution in [2.24, 2.45) is 0 Å². The van der Waals surface area contributed by atoms with Gasteiger partial charge in [-0.1, -0.05) is 0 Å². The number of hydrogen-bond acceptors (Lipinski definition) is 0. The molecule has 0 radical (unpaired) electrons. The van der Waals surface area contributed by atoms with Crippen LogP contribution in [-0.2, 0) is 5.16 Å². The highest BCUT2D eigenvalue weighted by molar-refractivity contribution is 9.21. The molecule has 0 fully saturated rings. The fourth-order valence-electron chi connectivity index (χ4n) is 2.80. The van der Waals surface area contributed by atoms with Gasteiger partial charge in [0.15, 0.2) is 25.5 Å². The van der Waals surface area contributed by atoms with E-state index in [4.69, 9.17) is 0 Å². The first kappa shape index (κ1) is 11.1. The molecule has 84 valence electrons. The summed E-state index contributed by atoms with van der Waals surface area (Å²) in [4.78, 5) is 0. The van der Waals surface area contributed by atoms with Crippen molar-refractivity contribution in [3.05, 3.63) is 22.3 Å². The van der Waals surface area contributed by atoms with Crippen LogP contribution in [0.2, 0.25) is 0 Å². The summed E-state index contributed by atoms with van der Waals surface area (Å²) < 4.78 is 0. The highest BCUT2D eigenvalue weighted by Gasteiger charge is 2.55. The zero-order valence-electron chi connectivity index (χ0n) is 10.2. The van der Waals surface area contributed by atoms with Crippen LogP contribution in [0.25, 0.3) is 0 Å². The van der Waals surface area contributed by atoms with Gasteiger partial charge in [-0.2, -0.15) is 0 Å². The van der Waals surface area contributed by atoms with Crippen LogP contribution in [0, 0.1) is 0 Å². The number of allylic oxidation sites excluding steroid dienone is 4. The van der Waals surface area contributed by atoms with Gasteiger partial charge in [0.25, 0.3) is 0 Å². The largest absolute Gasteiger partial charge is 0.186 e. The molecule has 0 saturated heterocycles. The SMILES string of the molecule is CC1=C(C)C(C)([p+]2pp3p4p3p42)C(C)=C1C. The van der Waals surface area contributed by atoms with Crippen LogP contribution in [0.4, 0.5) is 0 Å². The lowest BCUT2D eigenvalue weighted by Gasteiger charge is -2.24. The lowest BCUT2D eigenvalue weighted by molar-refractivity contribution is 0.802. The Morgan fingerprint density at radius 3 is 1.88 bits per heavy atom. The van der Waals surface area contributed by atoms with Crippen LogP contribution in [-0.4, -0.2) is 0 Å². The van der Waals surface area contributed by atoms with Crippen molar-refractivity contribution in [2.45, 2.75) is 39.8 Å². The average molecular weight is 321 g/mol. The van der Waals surface area contributed by atoms with E-state index in [1.807, 2.05) is 7.55 Å². The summed E-state index contributed by atoms with van der Waals surface area (Å²) in [5, 5.41) is 0.558. The molecule has 2 bridgehead atoms. The highest BCUT2D eigenvalue weighted by Crippen LogP contribution is 3.18. The van der Waals surface area contributed by atoms with Gasteiger partial charge in [0.05, 0.1) is 12.0 Å². The zero-order chi connectivity index (χ0) is 11.4. The summed E-state index contributed by atoms with van der Waals surface area (Å²) in [5.41, 5.74) is 6.75. The van der Waals surface area contributed by atoms with Crippen LogP contribution < -0.4 is 0 Å². The standard InChI is InChI=1S/C10H15P6/c1-6-7(2)9(4)10(5,8(6)3)12-11-13-15-14(12)16(13)15/h1-5H3/q+1. The maximum Gasteiger partial charge on any atom is 0.186 e. The quantitative estimate of drug-likeness (QED) is 0.423. The zero-order valence-corrected chi connectivity index (χ0v) is 15.5. The lowest BCUT2D eigenvalue weighted by Crippen LogP contribution is -2.13. The van der Waals surface area contributed by atoms with Gasteiger partial charge >= 0.3 is 0 Å². The molecule has 4 aromatic heterocycles. The van der Waals surface area contributed by atoms with Gasteiger partial charge in [0.2, 0.25) is 0 Å². The Balaban J connectivity index is 2.01. The van der Waals surface area contributed by atoms with Gasteiger partial charge in [-0.25, -0.2) is 0 Å². The van der Waals surface area contributed by atoms with E-state index in [1.165, 1.54) is 0 Å². The van der Waals surface area contributed by atoms with Gasteiger partial charge in [0, 0.05) is 0 Å². The molecule has 0 aromatic carbocycles. The van der Waals surface area contributed by atoms with Gasteiger partial charge in [0.1, 0.15) is 7.55 Å². The first-order valence-electron chi connectivity index (χ1n) is 5.57. The molecule has 0 spiro atoms. The second-order valence-electron chi connectivity index (χ2n) is 5.02. The van der Waals surface area contributed by atoms with Gasteiger partial charge in [-0.3, -0.25) is 0 Å². The van der Waals surface area contributed by atoms with E-state index in [1.54, 1.807) is 22.3 Å². The summed E-state index contributed by atoms with van der Waals surface area (Å²) >= 11 is 0. The third kappa shape index (κ3) is 1.02. The van der Waals surface area contributed by atoms with Crippen molar-refractivity contribution in [1.29, 1.82) is 0 Å². The molecular formula is C10H15P6+. The van der Waals surface area contributed by atoms with Gasteiger partial charge in [-0.15, -0.1) is 0 Å². The minimum absolute atomic E-state index is 0.397. The van der Waals surface area contributed by atoms with Gasteiger partial charge in [-0.05, 0) is 56.9 Å². The Labute approximate surface area is 102 Å². The molecule has 6 heteroatoms. The number of fused-ring (bicyclic) bond motifs is 1. The molecule has 5 rings (SSSR count). The Hall–Kier alpha value is 1.28. The molecule has 0 aliphatic heterocycles. The maximum atomic E-state index is 2.60. The Kier molecular flexibility index (Phi) is 2.13. The summed E-state index contributed by atoms with van der Waals surface area (Å²) in [6.07, 6.45) is 3.01. The third-order valence-electron chi connectivity index (χ3n) is 4.62. The molecular weight excluding hydrogens is 306 g/mol. The van der Waals surface area contributed by atoms with Crippen molar-refractivity contribution in [1.82, 2.24) is 0 Å². The topological polar surface area (TPSA) is 0 Å². The first-order chi connectivity index (χ1) is 7.49. The summed E-state index contributed by atoms with van der Waals surface area (Å²) in [7, 11) is 2.01. The minimum atomic E-state index is 0.397. The fourth-order valence-corrected chi connectivity index (χ4v) is 147. The molecule has 0 amide bonds. The summed E-state index contributed by atoms with van der Waals surface area (Å²) in [6.45, 7) is 12.6. The maximum absolute atomic E-state index is 2.60. The lowest BCUT2D eigenvalue weighted by atomic mass is 9.98. The van der Waals surface area contributed by atoms with Crippen LogP contribution >= 0.6 is 39.9 Å². The molecule has 16 heavy (non-hydrogen) atoms. The molecule has 1 aliphatic carbocycles. The Morgan fingerprint density at radius 2 is 1.50 bits per heavy atom. The van der Waals surface area contributed by atoms with Crippen molar-refractivity contribution in [3.8, 4) is 0 Å². The highest BCUT2D eigenvalue weighted by atomic mass is 33.3. The second-order valence-corrected chi connectivity index (χ2v) is 40.1. The van der Waals surface area contributed by atoms with E-state index in [-0.39, 0.29) is 0 Å². The second kappa shape index (κ2) is 3.05. The van der Waals surface area contributed by atoms with E-state index in [0.717, 1.165) is 19.1 Å². The molecule has 0 N–H and O–H groups in total. The average Bonchev–Trinajstić information content (AvgIpc) is 3.07. The van der Waals surface area contributed by atoms with E-state index in [0.29, 0.717) is 18.4 Å².